The Morgan fingerprint density at radius 3 is 2.38 bits per heavy atom. The van der Waals surface area contributed by atoms with Crippen molar-refractivity contribution < 1.29 is 28.3 Å². The lowest BCUT2D eigenvalue weighted by Crippen LogP contribution is -2.40. The Hall–Kier alpha value is -3.49. The molecule has 3 rings (SSSR count). The molecule has 2 heterocycles. The van der Waals surface area contributed by atoms with Crippen LogP contribution in [0.25, 0.3) is 0 Å². The van der Waals surface area contributed by atoms with Gasteiger partial charge in [0.15, 0.2) is 6.61 Å². The quantitative estimate of drug-likeness (QED) is 0.384. The highest BCUT2D eigenvalue weighted by atomic mass is 19.1. The van der Waals surface area contributed by atoms with Gasteiger partial charge in [0.25, 0.3) is 5.91 Å². The minimum atomic E-state index is -1.01. The van der Waals surface area contributed by atoms with E-state index in [4.69, 9.17) is 4.74 Å². The fraction of sp³-hybridized carbons (Fsp3) is 0.391. The van der Waals surface area contributed by atoms with Crippen molar-refractivity contribution in [2.45, 2.75) is 46.2 Å². The number of ketones is 1. The number of hydrogen-bond acceptors (Lipinski definition) is 5. The second kappa shape index (κ2) is 8.94. The van der Waals surface area contributed by atoms with Crippen LogP contribution in [0.15, 0.2) is 30.3 Å². The molecule has 8 nitrogen and oxygen atoms in total. The zero-order chi connectivity index (χ0) is 23.6. The van der Waals surface area contributed by atoms with Crippen molar-refractivity contribution >= 4 is 23.7 Å². The summed E-state index contributed by atoms with van der Waals surface area (Å²) >= 11 is 0. The first-order valence-corrected chi connectivity index (χ1v) is 10.2. The fourth-order valence-electron chi connectivity index (χ4n) is 3.62. The van der Waals surface area contributed by atoms with Crippen LogP contribution in [-0.2, 0) is 20.9 Å². The number of aromatic nitrogens is 1. The van der Waals surface area contributed by atoms with Crippen molar-refractivity contribution in [1.82, 2.24) is 14.8 Å². The van der Waals surface area contributed by atoms with E-state index in [0.717, 1.165) is 21.9 Å². The van der Waals surface area contributed by atoms with Crippen LogP contribution in [0.4, 0.5) is 9.18 Å². The summed E-state index contributed by atoms with van der Waals surface area (Å²) in [6, 6.07) is 7.31. The number of amides is 3. The lowest BCUT2D eigenvalue weighted by Gasteiger charge is -2.15. The van der Waals surface area contributed by atoms with E-state index in [0.29, 0.717) is 12.1 Å². The summed E-state index contributed by atoms with van der Waals surface area (Å²) in [7, 11) is 0. The van der Waals surface area contributed by atoms with Crippen LogP contribution in [0.5, 0.6) is 0 Å². The maximum Gasteiger partial charge on any atom is 0.325 e. The number of halogens is 1. The summed E-state index contributed by atoms with van der Waals surface area (Å²) in [6.07, 6.45) is -0.202. The van der Waals surface area contributed by atoms with Crippen molar-refractivity contribution in [2.75, 3.05) is 13.2 Å². The number of esters is 1. The van der Waals surface area contributed by atoms with Crippen LogP contribution in [-0.4, -0.2) is 51.8 Å². The topological polar surface area (TPSA) is 97.7 Å². The number of urea groups is 1. The van der Waals surface area contributed by atoms with Crippen LogP contribution < -0.4 is 5.32 Å². The van der Waals surface area contributed by atoms with Crippen LogP contribution in [0, 0.1) is 19.7 Å². The molecule has 1 aliphatic rings. The van der Waals surface area contributed by atoms with Crippen molar-refractivity contribution in [3.63, 3.8) is 0 Å². The van der Waals surface area contributed by atoms with Crippen molar-refractivity contribution in [3.8, 4) is 0 Å². The SMILES string of the molecule is Cc1cc(C(=O)COC(=O)CCN2C(=O)NC(C)(C)C2=O)c(C)n1Cc1ccc(F)cc1. The number of hydrogen-bond donors (Lipinski definition) is 1. The molecule has 0 bridgehead atoms. The molecule has 0 radical (unpaired) electrons. The van der Waals surface area contributed by atoms with E-state index in [-0.39, 0.29) is 24.6 Å². The van der Waals surface area contributed by atoms with Gasteiger partial charge in [-0.15, -0.1) is 0 Å². The van der Waals surface area contributed by atoms with Gasteiger partial charge in [-0.05, 0) is 51.5 Å². The summed E-state index contributed by atoms with van der Waals surface area (Å²) in [4.78, 5) is 49.6. The molecule has 3 amide bonds. The number of Topliss-reactive ketones (excluding diaryl/α,β-unsaturated/α-hetero) is 1. The van der Waals surface area contributed by atoms with Gasteiger partial charge in [-0.2, -0.15) is 0 Å². The van der Waals surface area contributed by atoms with Gasteiger partial charge < -0.3 is 14.6 Å². The molecular formula is C23H26FN3O5. The first-order valence-electron chi connectivity index (χ1n) is 10.2. The monoisotopic (exact) mass is 443 g/mol. The number of carbonyl (C=O) groups excluding carboxylic acids is 4. The van der Waals surface area contributed by atoms with E-state index in [9.17, 15) is 23.6 Å². The molecule has 1 aromatic carbocycles. The maximum atomic E-state index is 13.1. The molecule has 0 atom stereocenters. The van der Waals surface area contributed by atoms with Gasteiger partial charge >= 0.3 is 12.0 Å². The summed E-state index contributed by atoms with van der Waals surface area (Å²) in [5.74, 6) is -1.76. The highest BCUT2D eigenvalue weighted by Crippen LogP contribution is 2.19. The van der Waals surface area contributed by atoms with E-state index in [2.05, 4.69) is 5.32 Å². The smallest absolute Gasteiger partial charge is 0.325 e. The number of nitrogens with one attached hydrogen (secondary N) is 1. The molecule has 1 fully saturated rings. The Bertz CT molecular complexity index is 1070. The van der Waals surface area contributed by atoms with E-state index < -0.39 is 30.1 Å². The third-order valence-corrected chi connectivity index (χ3v) is 5.48. The van der Waals surface area contributed by atoms with Crippen LogP contribution >= 0.6 is 0 Å². The van der Waals surface area contributed by atoms with Gasteiger partial charge in [0.2, 0.25) is 5.78 Å². The van der Waals surface area contributed by atoms with Crippen molar-refractivity contribution in [3.05, 3.63) is 58.7 Å². The number of imide groups is 1. The largest absolute Gasteiger partial charge is 0.457 e. The molecule has 1 N–H and O–H groups in total. The number of carbonyl (C=O) groups is 4. The third-order valence-electron chi connectivity index (χ3n) is 5.48. The number of rotatable bonds is 8. The Morgan fingerprint density at radius 2 is 1.78 bits per heavy atom. The Kier molecular flexibility index (Phi) is 6.47. The lowest BCUT2D eigenvalue weighted by molar-refractivity contribution is -0.143. The number of benzene rings is 1. The molecule has 9 heteroatoms. The second-order valence-electron chi connectivity index (χ2n) is 8.34. The maximum absolute atomic E-state index is 13.1. The van der Waals surface area contributed by atoms with Crippen molar-refractivity contribution in [1.29, 1.82) is 0 Å². The Balaban J connectivity index is 1.56. The van der Waals surface area contributed by atoms with Gasteiger partial charge in [0.1, 0.15) is 11.4 Å². The van der Waals surface area contributed by atoms with E-state index in [1.54, 1.807) is 39.0 Å². The molecule has 170 valence electrons. The first kappa shape index (κ1) is 23.2. The van der Waals surface area contributed by atoms with Gasteiger partial charge in [-0.25, -0.2) is 9.18 Å². The summed E-state index contributed by atoms with van der Waals surface area (Å²) in [5, 5.41) is 2.53. The zero-order valence-electron chi connectivity index (χ0n) is 18.5. The normalized spacial score (nSPS) is 15.1. The zero-order valence-corrected chi connectivity index (χ0v) is 18.5. The molecule has 2 aromatic rings. The summed E-state index contributed by atoms with van der Waals surface area (Å²) in [5.41, 5.74) is 1.89. The minimum absolute atomic E-state index is 0.118. The molecule has 0 aliphatic carbocycles. The second-order valence-corrected chi connectivity index (χ2v) is 8.34. The van der Waals surface area contributed by atoms with Gasteiger partial charge in [-0.1, -0.05) is 12.1 Å². The number of nitrogens with zero attached hydrogens (tertiary/aromatic N) is 2. The average Bonchev–Trinajstić information content (AvgIpc) is 3.11. The van der Waals surface area contributed by atoms with Gasteiger partial charge in [0, 0.05) is 30.0 Å². The predicted octanol–water partition coefficient (Wildman–Crippen LogP) is 2.74. The minimum Gasteiger partial charge on any atom is -0.457 e. The number of ether oxygens (including phenoxy) is 1. The molecule has 1 aromatic heterocycles. The highest BCUT2D eigenvalue weighted by Gasteiger charge is 2.44. The Morgan fingerprint density at radius 1 is 1.12 bits per heavy atom. The lowest BCUT2D eigenvalue weighted by atomic mass is 10.1. The number of aryl methyl sites for hydroxylation is 1. The van der Waals surface area contributed by atoms with Gasteiger partial charge in [-0.3, -0.25) is 19.3 Å². The third kappa shape index (κ3) is 4.87. The van der Waals surface area contributed by atoms with E-state index in [1.165, 1.54) is 12.1 Å². The predicted molar refractivity (Wildman–Crippen MR) is 114 cm³/mol. The highest BCUT2D eigenvalue weighted by molar-refractivity contribution is 6.06. The molecule has 1 aliphatic heterocycles. The summed E-state index contributed by atoms with van der Waals surface area (Å²) < 4.78 is 20.1. The Labute approximate surface area is 185 Å². The molecular weight excluding hydrogens is 417 g/mol. The van der Waals surface area contributed by atoms with Crippen LogP contribution in [0.2, 0.25) is 0 Å². The first-order chi connectivity index (χ1) is 15.0. The van der Waals surface area contributed by atoms with E-state index in [1.807, 2.05) is 11.5 Å². The van der Waals surface area contributed by atoms with Crippen LogP contribution in [0.1, 0.15) is 47.6 Å². The molecule has 0 unspecified atom stereocenters. The summed E-state index contributed by atoms with van der Waals surface area (Å²) in [6.45, 7) is 6.74. The molecule has 32 heavy (non-hydrogen) atoms. The van der Waals surface area contributed by atoms with Crippen LogP contribution in [0.3, 0.4) is 0 Å². The van der Waals surface area contributed by atoms with Gasteiger partial charge in [0.05, 0.1) is 6.42 Å². The average molecular weight is 443 g/mol. The standard InChI is InChI=1S/C23H26FN3O5/c1-14-11-18(15(2)27(14)12-16-5-7-17(24)8-6-16)19(28)13-32-20(29)9-10-26-21(30)23(3,4)25-22(26)31/h5-8,11H,9-10,12-13H2,1-4H3,(H,25,31). The molecule has 0 saturated carbocycles. The molecule has 0 spiro atoms. The molecule has 1 saturated heterocycles. The fourth-order valence-corrected chi connectivity index (χ4v) is 3.62. The van der Waals surface area contributed by atoms with E-state index >= 15 is 0 Å². The van der Waals surface area contributed by atoms with Crippen molar-refractivity contribution in [2.24, 2.45) is 0 Å².